The van der Waals surface area contributed by atoms with Crippen LogP contribution in [0.5, 0.6) is 0 Å². The third kappa shape index (κ3) is 2.06. The molecule has 4 atom stereocenters. The van der Waals surface area contributed by atoms with Crippen molar-refractivity contribution in [2.75, 3.05) is 6.61 Å². The van der Waals surface area contributed by atoms with E-state index < -0.39 is 0 Å². The summed E-state index contributed by atoms with van der Waals surface area (Å²) in [6.07, 6.45) is 10.7. The Kier molecular flexibility index (Phi) is 2.96. The number of ketones is 1. The van der Waals surface area contributed by atoms with E-state index in [2.05, 4.69) is 0 Å². The molecule has 3 saturated heterocycles. The number of carbonyl (C=O) groups excluding carboxylic acids is 1. The van der Waals surface area contributed by atoms with Crippen LogP contribution in [0, 0.1) is 11.8 Å². The van der Waals surface area contributed by atoms with Crippen LogP contribution in [0.2, 0.25) is 0 Å². The molecule has 3 heteroatoms. The molecule has 0 aromatic carbocycles. The zero-order valence-electron chi connectivity index (χ0n) is 11.6. The van der Waals surface area contributed by atoms with Crippen molar-refractivity contribution in [1.29, 1.82) is 0 Å². The quantitative estimate of drug-likeness (QED) is 0.769. The zero-order valence-corrected chi connectivity index (χ0v) is 11.6. The summed E-state index contributed by atoms with van der Waals surface area (Å²) in [6.45, 7) is 0.790. The minimum Gasteiger partial charge on any atom is -0.375 e. The first-order valence-corrected chi connectivity index (χ1v) is 8.09. The molecule has 0 radical (unpaired) electrons. The van der Waals surface area contributed by atoms with E-state index in [-0.39, 0.29) is 23.5 Å². The van der Waals surface area contributed by atoms with Gasteiger partial charge in [-0.25, -0.2) is 0 Å². The van der Waals surface area contributed by atoms with Gasteiger partial charge in [-0.3, -0.25) is 4.79 Å². The van der Waals surface area contributed by atoms with E-state index in [0.717, 1.165) is 32.3 Å². The Labute approximate surface area is 115 Å². The lowest BCUT2D eigenvalue weighted by molar-refractivity contribution is -0.141. The average molecular weight is 264 g/mol. The van der Waals surface area contributed by atoms with Gasteiger partial charge in [0, 0.05) is 18.4 Å². The summed E-state index contributed by atoms with van der Waals surface area (Å²) in [5.41, 5.74) is 0.0665. The van der Waals surface area contributed by atoms with E-state index in [0.29, 0.717) is 11.9 Å². The Morgan fingerprint density at radius 3 is 2.63 bits per heavy atom. The molecule has 19 heavy (non-hydrogen) atoms. The Bertz CT molecular complexity index is 372. The van der Waals surface area contributed by atoms with Gasteiger partial charge in [0.2, 0.25) is 0 Å². The number of carbonyl (C=O) groups is 1. The normalized spacial score (nSPS) is 44.0. The summed E-state index contributed by atoms with van der Waals surface area (Å²) in [5, 5.41) is 0. The van der Waals surface area contributed by atoms with E-state index in [1.165, 1.54) is 32.1 Å². The molecule has 4 fully saturated rings. The van der Waals surface area contributed by atoms with Crippen LogP contribution in [0.1, 0.15) is 57.8 Å². The number of Topliss-reactive ketones (excluding diaryl/α,β-unsaturated/α-hetero) is 1. The lowest BCUT2D eigenvalue weighted by Gasteiger charge is -2.38. The van der Waals surface area contributed by atoms with Crippen LogP contribution in [-0.4, -0.2) is 30.2 Å². The Balaban J connectivity index is 1.45. The van der Waals surface area contributed by atoms with Gasteiger partial charge in [0.25, 0.3) is 0 Å². The molecule has 4 rings (SSSR count). The molecule has 3 heterocycles. The maximum Gasteiger partial charge on any atom is 0.141 e. The lowest BCUT2D eigenvalue weighted by Crippen LogP contribution is -2.42. The minimum atomic E-state index is 0.0665. The first-order valence-electron chi connectivity index (χ1n) is 8.09. The molecule has 4 aliphatic rings. The van der Waals surface area contributed by atoms with Gasteiger partial charge in [-0.2, -0.15) is 0 Å². The van der Waals surface area contributed by atoms with Crippen molar-refractivity contribution in [3.8, 4) is 0 Å². The predicted octanol–water partition coefficient (Wildman–Crippen LogP) is 2.86. The molecule has 1 aliphatic carbocycles. The van der Waals surface area contributed by atoms with Crippen molar-refractivity contribution in [3.63, 3.8) is 0 Å². The number of hydrogen-bond donors (Lipinski definition) is 0. The predicted molar refractivity (Wildman–Crippen MR) is 70.9 cm³/mol. The summed E-state index contributed by atoms with van der Waals surface area (Å²) < 4.78 is 11.9. The molecule has 106 valence electrons. The van der Waals surface area contributed by atoms with Gasteiger partial charge in [0.15, 0.2) is 0 Å². The minimum absolute atomic E-state index is 0.0665. The van der Waals surface area contributed by atoms with Gasteiger partial charge in [-0.1, -0.05) is 12.8 Å². The average Bonchev–Trinajstić information content (AvgIpc) is 3.14. The molecular formula is C16H24O3. The largest absolute Gasteiger partial charge is 0.375 e. The summed E-state index contributed by atoms with van der Waals surface area (Å²) in [4.78, 5) is 12.8. The molecular weight excluding hydrogens is 240 g/mol. The Morgan fingerprint density at radius 1 is 1.11 bits per heavy atom. The second-order valence-corrected chi connectivity index (χ2v) is 7.05. The van der Waals surface area contributed by atoms with Crippen molar-refractivity contribution in [2.24, 2.45) is 11.8 Å². The van der Waals surface area contributed by atoms with E-state index in [1.54, 1.807) is 0 Å². The van der Waals surface area contributed by atoms with Crippen LogP contribution < -0.4 is 0 Å². The molecule has 4 unspecified atom stereocenters. The van der Waals surface area contributed by atoms with Gasteiger partial charge in [-0.15, -0.1) is 0 Å². The standard InChI is InChI=1S/C16H24O3/c17-15(13-9-12-3-4-14(13)19-12)11-5-8-18-16(10-11)6-1-2-7-16/h11-14H,1-10H2. The van der Waals surface area contributed by atoms with E-state index in [9.17, 15) is 4.79 Å². The maximum atomic E-state index is 12.8. The van der Waals surface area contributed by atoms with Crippen LogP contribution in [0.15, 0.2) is 0 Å². The van der Waals surface area contributed by atoms with Crippen LogP contribution >= 0.6 is 0 Å². The molecule has 0 aromatic heterocycles. The highest BCUT2D eigenvalue weighted by atomic mass is 16.5. The first-order chi connectivity index (χ1) is 9.26. The molecule has 0 amide bonds. The lowest BCUT2D eigenvalue weighted by atomic mass is 9.75. The fourth-order valence-corrected chi connectivity index (χ4v) is 4.88. The van der Waals surface area contributed by atoms with Gasteiger partial charge in [0.05, 0.1) is 17.8 Å². The Hall–Kier alpha value is -0.410. The number of rotatable bonds is 2. The fourth-order valence-electron chi connectivity index (χ4n) is 4.88. The monoisotopic (exact) mass is 264 g/mol. The second-order valence-electron chi connectivity index (χ2n) is 7.05. The first kappa shape index (κ1) is 12.3. The van der Waals surface area contributed by atoms with Gasteiger partial charge in [0.1, 0.15) is 5.78 Å². The van der Waals surface area contributed by atoms with Crippen LogP contribution in [0.25, 0.3) is 0 Å². The highest BCUT2D eigenvalue weighted by molar-refractivity contribution is 5.84. The van der Waals surface area contributed by atoms with Gasteiger partial charge in [-0.05, 0) is 44.9 Å². The summed E-state index contributed by atoms with van der Waals surface area (Å²) in [7, 11) is 0. The third-order valence-corrected chi connectivity index (χ3v) is 5.88. The zero-order chi connectivity index (χ0) is 12.9. The second kappa shape index (κ2) is 4.56. The number of ether oxygens (including phenoxy) is 2. The van der Waals surface area contributed by atoms with Crippen molar-refractivity contribution >= 4 is 5.78 Å². The molecule has 3 aliphatic heterocycles. The van der Waals surface area contributed by atoms with Crippen molar-refractivity contribution < 1.29 is 14.3 Å². The smallest absolute Gasteiger partial charge is 0.141 e. The van der Waals surface area contributed by atoms with E-state index in [4.69, 9.17) is 9.47 Å². The third-order valence-electron chi connectivity index (χ3n) is 5.88. The fraction of sp³-hybridized carbons (Fsp3) is 0.938. The van der Waals surface area contributed by atoms with Crippen LogP contribution in [-0.2, 0) is 14.3 Å². The van der Waals surface area contributed by atoms with Crippen molar-refractivity contribution in [1.82, 2.24) is 0 Å². The van der Waals surface area contributed by atoms with E-state index >= 15 is 0 Å². The molecule has 1 saturated carbocycles. The van der Waals surface area contributed by atoms with Crippen LogP contribution in [0.4, 0.5) is 0 Å². The highest BCUT2D eigenvalue weighted by Crippen LogP contribution is 2.46. The highest BCUT2D eigenvalue weighted by Gasteiger charge is 2.48. The SMILES string of the molecule is O=C(C1CCOC2(CCCC2)C1)C1CC2CCC1O2. The summed E-state index contributed by atoms with van der Waals surface area (Å²) in [5.74, 6) is 0.960. The van der Waals surface area contributed by atoms with Crippen molar-refractivity contribution in [2.45, 2.75) is 75.6 Å². The molecule has 3 nitrogen and oxygen atoms in total. The topological polar surface area (TPSA) is 35.5 Å². The molecule has 2 bridgehead atoms. The maximum absolute atomic E-state index is 12.8. The van der Waals surface area contributed by atoms with Gasteiger partial charge >= 0.3 is 0 Å². The van der Waals surface area contributed by atoms with Crippen LogP contribution in [0.3, 0.4) is 0 Å². The van der Waals surface area contributed by atoms with E-state index in [1.807, 2.05) is 0 Å². The Morgan fingerprint density at radius 2 is 1.95 bits per heavy atom. The number of fused-ring (bicyclic) bond motifs is 2. The number of hydrogen-bond acceptors (Lipinski definition) is 3. The summed E-state index contributed by atoms with van der Waals surface area (Å²) in [6, 6.07) is 0. The molecule has 1 spiro atoms. The van der Waals surface area contributed by atoms with Gasteiger partial charge < -0.3 is 9.47 Å². The van der Waals surface area contributed by atoms with Crippen molar-refractivity contribution in [3.05, 3.63) is 0 Å². The molecule has 0 N–H and O–H groups in total. The molecule has 0 aromatic rings. The summed E-state index contributed by atoms with van der Waals surface area (Å²) >= 11 is 0.